The van der Waals surface area contributed by atoms with Crippen LogP contribution in [0.5, 0.6) is 0 Å². The average molecular weight is 429 g/mol. The standard InChI is InChI=1S/C24H38O3S.Na/c25-28(26,27)24(23-14-8-3-9-15-23)17-21(19-10-4-1-5-11-19)16-22(18-24)20-12-6-2-7-13-20;/h16-17,19-20,23H,1-15,18H2,(H,25,26,27);/q;+1/p-1. The number of hydrogen-bond acceptors (Lipinski definition) is 3. The Labute approximate surface area is 200 Å². The third-order valence-electron chi connectivity index (χ3n) is 8.21. The van der Waals surface area contributed by atoms with Crippen LogP contribution in [0.2, 0.25) is 0 Å². The molecule has 3 saturated carbocycles. The number of rotatable bonds is 4. The quantitative estimate of drug-likeness (QED) is 0.510. The smallest absolute Gasteiger partial charge is 0.747 e. The Balaban J connectivity index is 0.00000240. The summed E-state index contributed by atoms with van der Waals surface area (Å²) in [6.45, 7) is 0. The Morgan fingerprint density at radius 2 is 1.24 bits per heavy atom. The Morgan fingerprint density at radius 1 is 0.759 bits per heavy atom. The molecule has 5 heteroatoms. The second-order valence-electron chi connectivity index (χ2n) is 9.95. The van der Waals surface area contributed by atoms with Crippen molar-refractivity contribution in [3.63, 3.8) is 0 Å². The summed E-state index contributed by atoms with van der Waals surface area (Å²) >= 11 is 0. The van der Waals surface area contributed by atoms with E-state index in [0.29, 0.717) is 18.3 Å². The molecule has 4 rings (SSSR count). The van der Waals surface area contributed by atoms with Gasteiger partial charge in [-0.05, 0) is 68.3 Å². The molecule has 0 aromatic rings. The zero-order valence-electron chi connectivity index (χ0n) is 18.3. The predicted molar refractivity (Wildman–Crippen MR) is 113 cm³/mol. The van der Waals surface area contributed by atoms with E-state index in [4.69, 9.17) is 0 Å². The van der Waals surface area contributed by atoms with E-state index in [1.54, 1.807) is 0 Å². The molecule has 0 heterocycles. The third-order valence-corrected chi connectivity index (χ3v) is 9.74. The van der Waals surface area contributed by atoms with E-state index >= 15 is 0 Å². The minimum absolute atomic E-state index is 0. The topological polar surface area (TPSA) is 57.2 Å². The molecule has 0 aliphatic heterocycles. The summed E-state index contributed by atoms with van der Waals surface area (Å²) < 4.78 is 37.3. The van der Waals surface area contributed by atoms with Crippen LogP contribution in [0.4, 0.5) is 0 Å². The van der Waals surface area contributed by atoms with Gasteiger partial charge >= 0.3 is 29.6 Å². The molecule has 3 fully saturated rings. The molecule has 0 saturated heterocycles. The minimum atomic E-state index is -4.40. The molecule has 4 aliphatic carbocycles. The van der Waals surface area contributed by atoms with E-state index in [-0.39, 0.29) is 35.5 Å². The maximum Gasteiger partial charge on any atom is 1.00 e. The second kappa shape index (κ2) is 10.3. The van der Waals surface area contributed by atoms with Crippen LogP contribution in [-0.4, -0.2) is 17.7 Å². The van der Waals surface area contributed by atoms with Crippen molar-refractivity contribution in [1.82, 2.24) is 0 Å². The van der Waals surface area contributed by atoms with Crippen LogP contribution in [0.1, 0.15) is 103 Å². The Bertz CT molecular complexity index is 708. The fourth-order valence-corrected chi connectivity index (χ4v) is 7.85. The van der Waals surface area contributed by atoms with E-state index in [2.05, 4.69) is 6.08 Å². The summed E-state index contributed by atoms with van der Waals surface area (Å²) in [6.07, 6.45) is 22.1. The van der Waals surface area contributed by atoms with Crippen molar-refractivity contribution in [2.75, 3.05) is 0 Å². The van der Waals surface area contributed by atoms with Gasteiger partial charge in [0.15, 0.2) is 0 Å². The van der Waals surface area contributed by atoms with Gasteiger partial charge in [0, 0.05) is 0 Å². The summed E-state index contributed by atoms with van der Waals surface area (Å²) in [5.41, 5.74) is 2.50. The molecule has 0 bridgehead atoms. The van der Waals surface area contributed by atoms with E-state index < -0.39 is 14.9 Å². The molecule has 158 valence electrons. The van der Waals surface area contributed by atoms with Gasteiger partial charge in [-0.15, -0.1) is 0 Å². The van der Waals surface area contributed by atoms with Gasteiger partial charge in [0.2, 0.25) is 0 Å². The van der Waals surface area contributed by atoms with Crippen molar-refractivity contribution in [2.45, 2.75) is 107 Å². The van der Waals surface area contributed by atoms with E-state index in [0.717, 1.165) is 38.5 Å². The van der Waals surface area contributed by atoms with Crippen molar-refractivity contribution in [3.05, 3.63) is 23.3 Å². The molecule has 0 spiro atoms. The fourth-order valence-electron chi connectivity index (χ4n) is 6.58. The van der Waals surface area contributed by atoms with Crippen LogP contribution in [0, 0.1) is 17.8 Å². The number of allylic oxidation sites excluding steroid dienone is 3. The first-order valence-electron chi connectivity index (χ1n) is 11.9. The van der Waals surface area contributed by atoms with Gasteiger partial charge in [0.1, 0.15) is 10.1 Å². The Hall–Kier alpha value is 0.390. The van der Waals surface area contributed by atoms with Crippen LogP contribution >= 0.6 is 0 Å². The van der Waals surface area contributed by atoms with Crippen LogP contribution in [0.3, 0.4) is 0 Å². The average Bonchev–Trinajstić information content (AvgIpc) is 2.74. The van der Waals surface area contributed by atoms with Gasteiger partial charge in [0.25, 0.3) is 0 Å². The van der Waals surface area contributed by atoms with Gasteiger partial charge in [-0.2, -0.15) is 0 Å². The van der Waals surface area contributed by atoms with E-state index in [9.17, 15) is 13.0 Å². The van der Waals surface area contributed by atoms with Gasteiger partial charge < -0.3 is 4.55 Å². The SMILES string of the molecule is O=S(=O)([O-])C1(C2CCCCC2)C=C(C2CCCCC2)C=C(C2CCCCC2)C1.[Na+]. The largest absolute Gasteiger partial charge is 1.00 e. The molecule has 0 amide bonds. The van der Waals surface area contributed by atoms with Crippen molar-refractivity contribution >= 4 is 10.1 Å². The summed E-state index contributed by atoms with van der Waals surface area (Å²) in [5.74, 6) is 0.956. The molecular formula is C24H37NaO3S. The van der Waals surface area contributed by atoms with Gasteiger partial charge in [-0.3, -0.25) is 0 Å². The summed E-state index contributed by atoms with van der Waals surface area (Å²) in [5, 5.41) is 0. The zero-order chi connectivity index (χ0) is 19.6. The van der Waals surface area contributed by atoms with Crippen LogP contribution in [0.25, 0.3) is 0 Å². The molecular weight excluding hydrogens is 391 g/mol. The van der Waals surface area contributed by atoms with Crippen molar-refractivity contribution in [1.29, 1.82) is 0 Å². The van der Waals surface area contributed by atoms with E-state index in [1.165, 1.54) is 68.9 Å². The molecule has 0 N–H and O–H groups in total. The molecule has 3 nitrogen and oxygen atoms in total. The Morgan fingerprint density at radius 3 is 1.76 bits per heavy atom. The molecule has 4 aliphatic rings. The maximum absolute atomic E-state index is 12.8. The fraction of sp³-hybridized carbons (Fsp3) is 0.833. The molecule has 1 unspecified atom stereocenters. The Kier molecular flexibility index (Phi) is 8.57. The van der Waals surface area contributed by atoms with Crippen molar-refractivity contribution in [2.24, 2.45) is 17.8 Å². The molecule has 29 heavy (non-hydrogen) atoms. The molecule has 0 aromatic carbocycles. The van der Waals surface area contributed by atoms with Gasteiger partial charge in [-0.1, -0.05) is 75.5 Å². The third kappa shape index (κ3) is 5.25. The molecule has 1 atom stereocenters. The predicted octanol–water partition coefficient (Wildman–Crippen LogP) is 3.27. The summed E-state index contributed by atoms with van der Waals surface area (Å²) in [4.78, 5) is 0. The monoisotopic (exact) mass is 428 g/mol. The second-order valence-corrected chi connectivity index (χ2v) is 11.6. The summed E-state index contributed by atoms with van der Waals surface area (Å²) in [6, 6.07) is 0. The molecule has 0 radical (unpaired) electrons. The first-order valence-corrected chi connectivity index (χ1v) is 13.3. The van der Waals surface area contributed by atoms with E-state index in [1.807, 2.05) is 6.08 Å². The number of hydrogen-bond donors (Lipinski definition) is 0. The van der Waals surface area contributed by atoms with Crippen LogP contribution in [-0.2, 0) is 10.1 Å². The molecule has 0 aromatic heterocycles. The zero-order valence-corrected chi connectivity index (χ0v) is 21.1. The van der Waals surface area contributed by atoms with Gasteiger partial charge in [0.05, 0.1) is 4.75 Å². The summed E-state index contributed by atoms with van der Waals surface area (Å²) in [7, 11) is -4.40. The minimum Gasteiger partial charge on any atom is -0.747 e. The first kappa shape index (κ1) is 24.0. The van der Waals surface area contributed by atoms with Crippen LogP contribution in [0.15, 0.2) is 23.3 Å². The first-order chi connectivity index (χ1) is 13.5. The van der Waals surface area contributed by atoms with Crippen LogP contribution < -0.4 is 29.6 Å². The maximum atomic E-state index is 12.8. The van der Waals surface area contributed by atoms with Crippen molar-refractivity contribution < 1.29 is 42.5 Å². The van der Waals surface area contributed by atoms with Gasteiger partial charge in [-0.25, -0.2) is 8.42 Å². The normalized spacial score (nSPS) is 30.9. The van der Waals surface area contributed by atoms with Crippen molar-refractivity contribution in [3.8, 4) is 0 Å².